The second-order valence-electron chi connectivity index (χ2n) is 12.7. The minimum atomic E-state index is -2.71. The summed E-state index contributed by atoms with van der Waals surface area (Å²) >= 11 is 0. The molecule has 0 bridgehead atoms. The topological polar surface area (TPSA) is 18.5 Å². The maximum Gasteiger partial charge on any atom is 0.261 e. The molecule has 1 aliphatic rings. The van der Waals surface area contributed by atoms with Crippen molar-refractivity contribution in [1.29, 1.82) is 0 Å². The Hall–Kier alpha value is -3.24. The third-order valence-electron chi connectivity index (χ3n) is 8.63. The molecule has 4 aromatic carbocycles. The van der Waals surface area contributed by atoms with Crippen molar-refractivity contribution < 1.29 is 9.16 Å². The van der Waals surface area contributed by atoms with Gasteiger partial charge in [0.25, 0.3) is 8.32 Å². The molecule has 212 valence electrons. The summed E-state index contributed by atoms with van der Waals surface area (Å²) in [5.41, 5.74) is 7.60. The maximum absolute atomic E-state index is 7.45. The van der Waals surface area contributed by atoms with E-state index in [1.165, 1.54) is 43.8 Å². The van der Waals surface area contributed by atoms with Crippen molar-refractivity contribution in [3.8, 4) is 0 Å². The molecule has 0 unspecified atom stereocenters. The van der Waals surface area contributed by atoms with Gasteiger partial charge in [0, 0.05) is 5.92 Å². The van der Waals surface area contributed by atoms with Crippen molar-refractivity contribution in [2.75, 3.05) is 6.61 Å². The lowest BCUT2D eigenvalue weighted by Crippen LogP contribution is -2.67. The molecule has 0 aromatic heterocycles. The van der Waals surface area contributed by atoms with Crippen molar-refractivity contribution in [2.45, 2.75) is 71.6 Å². The van der Waals surface area contributed by atoms with Gasteiger partial charge in [0.05, 0.1) is 12.7 Å². The minimum absolute atomic E-state index is 0.0957. The summed E-state index contributed by atoms with van der Waals surface area (Å²) in [6, 6.07) is 35.2. The van der Waals surface area contributed by atoms with Gasteiger partial charge in [-0.3, -0.25) is 0 Å². The van der Waals surface area contributed by atoms with Gasteiger partial charge in [-0.2, -0.15) is 0 Å². The van der Waals surface area contributed by atoms with Gasteiger partial charge < -0.3 is 9.16 Å². The molecule has 5 rings (SSSR count). The highest BCUT2D eigenvalue weighted by Crippen LogP contribution is 2.41. The van der Waals surface area contributed by atoms with E-state index in [0.29, 0.717) is 6.61 Å². The molecule has 0 fully saturated rings. The summed E-state index contributed by atoms with van der Waals surface area (Å²) in [4.78, 5) is 0. The van der Waals surface area contributed by atoms with Crippen LogP contribution >= 0.6 is 0 Å². The van der Waals surface area contributed by atoms with E-state index in [9.17, 15) is 0 Å². The molecule has 0 saturated carbocycles. The van der Waals surface area contributed by atoms with Crippen LogP contribution in [-0.2, 0) is 9.16 Å². The van der Waals surface area contributed by atoms with Crippen LogP contribution in [0.4, 0.5) is 0 Å². The zero-order chi connectivity index (χ0) is 29.2. The van der Waals surface area contributed by atoms with E-state index in [0.717, 1.165) is 0 Å². The van der Waals surface area contributed by atoms with Gasteiger partial charge in [0.15, 0.2) is 0 Å². The first-order valence-electron chi connectivity index (χ1n) is 14.8. The van der Waals surface area contributed by atoms with Crippen LogP contribution < -0.4 is 10.4 Å². The molecule has 2 nitrogen and oxygen atoms in total. The predicted octanol–water partition coefficient (Wildman–Crippen LogP) is 8.28. The van der Waals surface area contributed by atoms with E-state index in [1.807, 2.05) is 0 Å². The normalized spacial score (nSPS) is 19.3. The highest BCUT2D eigenvalue weighted by Gasteiger charge is 2.51. The van der Waals surface area contributed by atoms with Crippen molar-refractivity contribution in [3.05, 3.63) is 143 Å². The zero-order valence-corrected chi connectivity index (χ0v) is 26.6. The third kappa shape index (κ3) is 5.90. The van der Waals surface area contributed by atoms with Crippen LogP contribution in [0.25, 0.3) is 0 Å². The SMILES string of the molecule is Cc1ccc(C)c([C@H]2C=C[C@H](c3cc(C)ccc3C)O[C@@H]2CO[Si](c2ccccc2)(c2ccccc2)C(C)(C)C)c1. The Labute approximate surface area is 248 Å². The van der Waals surface area contributed by atoms with Crippen LogP contribution in [0.1, 0.15) is 66.2 Å². The second-order valence-corrected chi connectivity index (χ2v) is 17.0. The zero-order valence-electron chi connectivity index (χ0n) is 25.6. The molecule has 0 saturated heterocycles. The minimum Gasteiger partial charge on any atom is -0.405 e. The van der Waals surface area contributed by atoms with Gasteiger partial charge in [-0.15, -0.1) is 0 Å². The molecule has 0 N–H and O–H groups in total. The maximum atomic E-state index is 7.45. The van der Waals surface area contributed by atoms with Crippen LogP contribution in [0.5, 0.6) is 0 Å². The fraction of sp³-hybridized carbons (Fsp3) is 0.316. The Kier molecular flexibility index (Phi) is 8.51. The average Bonchev–Trinajstić information content (AvgIpc) is 2.96. The summed E-state index contributed by atoms with van der Waals surface area (Å²) in [6.45, 7) is 16.2. The van der Waals surface area contributed by atoms with Crippen molar-refractivity contribution in [1.82, 2.24) is 0 Å². The van der Waals surface area contributed by atoms with E-state index in [1.54, 1.807) is 0 Å². The second kappa shape index (κ2) is 11.9. The summed E-state index contributed by atoms with van der Waals surface area (Å²) in [5, 5.41) is 2.49. The van der Waals surface area contributed by atoms with Crippen LogP contribution in [0.2, 0.25) is 5.04 Å². The Balaban J connectivity index is 1.59. The number of hydrogen-bond donors (Lipinski definition) is 0. The molecule has 0 radical (unpaired) electrons. The Morgan fingerprint density at radius 1 is 0.659 bits per heavy atom. The molecule has 0 spiro atoms. The van der Waals surface area contributed by atoms with Gasteiger partial charge in [0.2, 0.25) is 0 Å². The number of rotatable bonds is 7. The average molecular weight is 561 g/mol. The third-order valence-corrected chi connectivity index (χ3v) is 13.6. The van der Waals surface area contributed by atoms with Crippen LogP contribution in [0.15, 0.2) is 109 Å². The van der Waals surface area contributed by atoms with E-state index in [-0.39, 0.29) is 23.2 Å². The fourth-order valence-electron chi connectivity index (χ4n) is 6.44. The number of ether oxygens (including phenoxy) is 1. The monoisotopic (exact) mass is 560 g/mol. The van der Waals surface area contributed by atoms with Crippen LogP contribution in [0, 0.1) is 27.7 Å². The quantitative estimate of drug-likeness (QED) is 0.167. The van der Waals surface area contributed by atoms with Gasteiger partial charge in [0.1, 0.15) is 6.10 Å². The smallest absolute Gasteiger partial charge is 0.261 e. The number of aryl methyl sites for hydroxylation is 4. The summed E-state index contributed by atoms with van der Waals surface area (Å²) < 4.78 is 14.5. The molecule has 3 atom stereocenters. The molecule has 3 heteroatoms. The Morgan fingerprint density at radius 3 is 1.71 bits per heavy atom. The molecule has 1 aliphatic heterocycles. The number of hydrogen-bond acceptors (Lipinski definition) is 2. The molecule has 0 amide bonds. The lowest BCUT2D eigenvalue weighted by molar-refractivity contribution is -0.0323. The van der Waals surface area contributed by atoms with E-state index >= 15 is 0 Å². The van der Waals surface area contributed by atoms with E-state index in [2.05, 4.69) is 158 Å². The van der Waals surface area contributed by atoms with Gasteiger partial charge >= 0.3 is 0 Å². The molecule has 1 heterocycles. The fourth-order valence-corrected chi connectivity index (χ4v) is 11.0. The van der Waals surface area contributed by atoms with Gasteiger partial charge in [-0.1, -0.05) is 141 Å². The number of benzene rings is 4. The van der Waals surface area contributed by atoms with Crippen molar-refractivity contribution in [3.63, 3.8) is 0 Å². The van der Waals surface area contributed by atoms with Crippen LogP contribution in [0.3, 0.4) is 0 Å². The van der Waals surface area contributed by atoms with Crippen molar-refractivity contribution in [2.24, 2.45) is 0 Å². The first-order valence-corrected chi connectivity index (χ1v) is 16.7. The summed E-state index contributed by atoms with van der Waals surface area (Å²) in [5.74, 6) is 0.106. The largest absolute Gasteiger partial charge is 0.405 e. The van der Waals surface area contributed by atoms with Gasteiger partial charge in [-0.05, 0) is 65.4 Å². The molecular weight excluding hydrogens is 517 g/mol. The Morgan fingerprint density at radius 2 is 1.17 bits per heavy atom. The van der Waals surface area contributed by atoms with Crippen LogP contribution in [-0.4, -0.2) is 21.0 Å². The van der Waals surface area contributed by atoms with E-state index in [4.69, 9.17) is 9.16 Å². The molecule has 4 aromatic rings. The lowest BCUT2D eigenvalue weighted by atomic mass is 9.86. The lowest BCUT2D eigenvalue weighted by Gasteiger charge is -2.44. The van der Waals surface area contributed by atoms with Crippen molar-refractivity contribution >= 4 is 18.7 Å². The highest BCUT2D eigenvalue weighted by atomic mass is 28.4. The first kappa shape index (κ1) is 29.3. The predicted molar refractivity (Wildman–Crippen MR) is 175 cm³/mol. The molecular formula is C38H44O2Si. The highest BCUT2D eigenvalue weighted by molar-refractivity contribution is 6.99. The Bertz CT molecular complexity index is 1460. The molecule has 0 aliphatic carbocycles. The summed E-state index contributed by atoms with van der Waals surface area (Å²) in [6.07, 6.45) is 4.39. The first-order chi connectivity index (χ1) is 19.6. The standard InChI is InChI=1S/C38H44O2Si/c1-27-18-20-29(3)34(24-27)33-22-23-36(35-25-28(2)19-21-30(35)4)40-37(33)26-39-41(38(5,6)7,31-14-10-8-11-15-31)32-16-12-9-13-17-32/h8-25,33,36-37H,26H2,1-7H3/t33-,36-,37-/m1/s1. The van der Waals surface area contributed by atoms with Gasteiger partial charge in [-0.25, -0.2) is 0 Å². The molecule has 41 heavy (non-hydrogen) atoms. The van der Waals surface area contributed by atoms with E-state index < -0.39 is 8.32 Å². The summed E-state index contributed by atoms with van der Waals surface area (Å²) in [7, 11) is -2.71.